The first-order chi connectivity index (χ1) is 11.2. The average Bonchev–Trinajstić information content (AvgIpc) is 3.13. The van der Waals surface area contributed by atoms with Crippen LogP contribution in [0.2, 0.25) is 0 Å². The molecule has 0 aromatic carbocycles. The molecule has 7 heteroatoms. The number of carbonyl (C=O) groups excluding carboxylic acids is 1. The van der Waals surface area contributed by atoms with Crippen molar-refractivity contribution in [3.63, 3.8) is 0 Å². The first-order valence-corrected chi connectivity index (χ1v) is 8.25. The highest BCUT2D eigenvalue weighted by atomic mass is 16.1. The number of nitrogens with zero attached hydrogens (tertiary/aromatic N) is 4. The molecule has 0 unspecified atom stereocenters. The molecule has 1 aromatic rings. The van der Waals surface area contributed by atoms with E-state index in [0.29, 0.717) is 13.0 Å². The van der Waals surface area contributed by atoms with Crippen molar-refractivity contribution in [1.29, 1.82) is 0 Å². The summed E-state index contributed by atoms with van der Waals surface area (Å²) in [4.78, 5) is 16.8. The zero-order chi connectivity index (χ0) is 16.1. The molecular formula is C16H22N6O. The van der Waals surface area contributed by atoms with Crippen LogP contribution in [-0.2, 0) is 4.79 Å². The van der Waals surface area contributed by atoms with Crippen LogP contribution in [0.3, 0.4) is 0 Å². The van der Waals surface area contributed by atoms with E-state index in [1.54, 1.807) is 0 Å². The third kappa shape index (κ3) is 3.76. The van der Waals surface area contributed by atoms with Gasteiger partial charge in [0.25, 0.3) is 0 Å². The Hall–Kier alpha value is -2.23. The topological polar surface area (TPSA) is 95.4 Å². The molecule has 0 radical (unpaired) electrons. The molecule has 2 heterocycles. The Balaban J connectivity index is 1.50. The second-order valence-corrected chi connectivity index (χ2v) is 6.30. The van der Waals surface area contributed by atoms with Gasteiger partial charge in [0, 0.05) is 37.6 Å². The number of terminal acetylenes is 1. The van der Waals surface area contributed by atoms with Crippen LogP contribution in [0.5, 0.6) is 0 Å². The molecule has 1 aromatic heterocycles. The largest absolute Gasteiger partial charge is 0.356 e. The number of hydrogen-bond acceptors (Lipinski definition) is 5. The van der Waals surface area contributed by atoms with Crippen LogP contribution in [0.1, 0.15) is 56.7 Å². The number of carbonyl (C=O) groups is 1. The molecule has 122 valence electrons. The lowest BCUT2D eigenvalue weighted by Gasteiger charge is -2.29. The summed E-state index contributed by atoms with van der Waals surface area (Å²) < 4.78 is 0. The Labute approximate surface area is 135 Å². The standard InChI is InChI=1S/C16H22N6O/c1-2-3-8-16(21-22-16)9-10-17-15(23)13-7-5-4-6-12(13)14-18-11-19-20-14/h1,11-13H,3-10H2,(H,17,23)(H,18,19,20)/t12-,13+/m0/s1. The maximum absolute atomic E-state index is 12.6. The summed E-state index contributed by atoms with van der Waals surface area (Å²) in [7, 11) is 0. The highest BCUT2D eigenvalue weighted by molar-refractivity contribution is 5.79. The van der Waals surface area contributed by atoms with E-state index < -0.39 is 0 Å². The lowest BCUT2D eigenvalue weighted by Crippen LogP contribution is -2.37. The lowest BCUT2D eigenvalue weighted by molar-refractivity contribution is -0.126. The molecule has 2 aliphatic rings. The van der Waals surface area contributed by atoms with E-state index in [1.807, 2.05) is 0 Å². The summed E-state index contributed by atoms with van der Waals surface area (Å²) in [5, 5.41) is 18.1. The lowest BCUT2D eigenvalue weighted by atomic mass is 9.78. The van der Waals surface area contributed by atoms with Crippen LogP contribution >= 0.6 is 0 Å². The molecule has 1 saturated carbocycles. The van der Waals surface area contributed by atoms with Gasteiger partial charge >= 0.3 is 0 Å². The van der Waals surface area contributed by atoms with E-state index in [2.05, 4.69) is 36.6 Å². The van der Waals surface area contributed by atoms with Crippen LogP contribution in [0.4, 0.5) is 0 Å². The number of nitrogens with one attached hydrogen (secondary N) is 2. The van der Waals surface area contributed by atoms with Crippen molar-refractivity contribution in [3.8, 4) is 12.3 Å². The number of amides is 1. The summed E-state index contributed by atoms with van der Waals surface area (Å²) in [6, 6.07) is 0. The summed E-state index contributed by atoms with van der Waals surface area (Å²) in [6.45, 7) is 0.579. The molecule has 3 rings (SSSR count). The van der Waals surface area contributed by atoms with E-state index in [1.165, 1.54) is 6.33 Å². The van der Waals surface area contributed by atoms with Crippen molar-refractivity contribution in [2.45, 2.75) is 56.5 Å². The van der Waals surface area contributed by atoms with E-state index in [-0.39, 0.29) is 23.4 Å². The van der Waals surface area contributed by atoms with Gasteiger partial charge in [0.2, 0.25) is 5.91 Å². The van der Waals surface area contributed by atoms with Gasteiger partial charge in [-0.25, -0.2) is 4.98 Å². The van der Waals surface area contributed by atoms with Gasteiger partial charge in [-0.3, -0.25) is 9.89 Å². The SMILES string of the molecule is C#CCCC1(CCNC(=O)[C@@H]2CCCC[C@@H]2c2ncn[nH]2)N=N1. The minimum atomic E-state index is -0.337. The minimum Gasteiger partial charge on any atom is -0.356 e. The molecule has 0 saturated heterocycles. The first kappa shape index (κ1) is 15.7. The van der Waals surface area contributed by atoms with Gasteiger partial charge in [-0.2, -0.15) is 15.3 Å². The van der Waals surface area contributed by atoms with Gasteiger partial charge in [0.1, 0.15) is 12.2 Å². The second-order valence-electron chi connectivity index (χ2n) is 6.30. The predicted molar refractivity (Wildman–Crippen MR) is 84.4 cm³/mol. The molecule has 1 amide bonds. The zero-order valence-corrected chi connectivity index (χ0v) is 13.2. The van der Waals surface area contributed by atoms with Gasteiger partial charge in [-0.15, -0.1) is 12.3 Å². The number of aromatic amines is 1. The third-order valence-corrected chi connectivity index (χ3v) is 4.76. The first-order valence-electron chi connectivity index (χ1n) is 8.25. The Morgan fingerprint density at radius 1 is 1.39 bits per heavy atom. The molecule has 1 fully saturated rings. The number of rotatable bonds is 7. The van der Waals surface area contributed by atoms with Crippen LogP contribution in [0.15, 0.2) is 16.6 Å². The Bertz CT molecular complexity index is 597. The highest BCUT2D eigenvalue weighted by Crippen LogP contribution is 2.37. The Morgan fingerprint density at radius 3 is 2.91 bits per heavy atom. The molecule has 1 aliphatic carbocycles. The Kier molecular flexibility index (Phi) is 4.70. The normalized spacial score (nSPS) is 24.8. The summed E-state index contributed by atoms with van der Waals surface area (Å²) in [6.07, 6.45) is 13.0. The second kappa shape index (κ2) is 6.90. The fourth-order valence-corrected chi connectivity index (χ4v) is 3.35. The van der Waals surface area contributed by atoms with E-state index in [0.717, 1.165) is 44.3 Å². The number of H-pyrrole nitrogens is 1. The fourth-order valence-electron chi connectivity index (χ4n) is 3.35. The van der Waals surface area contributed by atoms with Gasteiger partial charge in [-0.1, -0.05) is 12.8 Å². The smallest absolute Gasteiger partial charge is 0.223 e. The van der Waals surface area contributed by atoms with E-state index in [9.17, 15) is 4.79 Å². The van der Waals surface area contributed by atoms with E-state index >= 15 is 0 Å². The molecular weight excluding hydrogens is 292 g/mol. The third-order valence-electron chi connectivity index (χ3n) is 4.76. The highest BCUT2D eigenvalue weighted by Gasteiger charge is 2.39. The average molecular weight is 314 g/mol. The van der Waals surface area contributed by atoms with Gasteiger partial charge in [0.05, 0.1) is 0 Å². The van der Waals surface area contributed by atoms with Gasteiger partial charge in [0.15, 0.2) is 5.66 Å². The molecule has 2 atom stereocenters. The van der Waals surface area contributed by atoms with Crippen molar-refractivity contribution in [1.82, 2.24) is 20.5 Å². The van der Waals surface area contributed by atoms with Gasteiger partial charge < -0.3 is 5.32 Å². The molecule has 1 aliphatic heterocycles. The molecule has 0 spiro atoms. The van der Waals surface area contributed by atoms with Crippen LogP contribution in [0.25, 0.3) is 0 Å². The van der Waals surface area contributed by atoms with Crippen molar-refractivity contribution >= 4 is 5.91 Å². The van der Waals surface area contributed by atoms with Gasteiger partial charge in [-0.05, 0) is 12.8 Å². The summed E-state index contributed by atoms with van der Waals surface area (Å²) >= 11 is 0. The summed E-state index contributed by atoms with van der Waals surface area (Å²) in [5.41, 5.74) is -0.337. The quantitative estimate of drug-likeness (QED) is 0.755. The van der Waals surface area contributed by atoms with Crippen molar-refractivity contribution in [3.05, 3.63) is 12.2 Å². The van der Waals surface area contributed by atoms with E-state index in [4.69, 9.17) is 6.42 Å². The molecule has 2 N–H and O–H groups in total. The molecule has 23 heavy (non-hydrogen) atoms. The summed E-state index contributed by atoms with van der Waals surface area (Å²) in [5.74, 6) is 3.63. The van der Waals surface area contributed by atoms with Crippen LogP contribution < -0.4 is 5.32 Å². The van der Waals surface area contributed by atoms with Crippen molar-refractivity contribution < 1.29 is 4.79 Å². The van der Waals surface area contributed by atoms with Crippen LogP contribution in [-0.4, -0.2) is 33.3 Å². The fraction of sp³-hybridized carbons (Fsp3) is 0.688. The van der Waals surface area contributed by atoms with Crippen molar-refractivity contribution in [2.24, 2.45) is 16.1 Å². The van der Waals surface area contributed by atoms with Crippen molar-refractivity contribution in [2.75, 3.05) is 6.54 Å². The number of aromatic nitrogens is 3. The predicted octanol–water partition coefficient (Wildman–Crippen LogP) is 2.16. The zero-order valence-electron chi connectivity index (χ0n) is 13.2. The minimum absolute atomic E-state index is 0.0357. The van der Waals surface area contributed by atoms with Crippen LogP contribution in [0, 0.1) is 18.3 Å². The monoisotopic (exact) mass is 314 g/mol. The number of hydrogen-bond donors (Lipinski definition) is 2. The maximum Gasteiger partial charge on any atom is 0.223 e. The molecule has 7 nitrogen and oxygen atoms in total. The maximum atomic E-state index is 12.6. The molecule has 0 bridgehead atoms. The Morgan fingerprint density at radius 2 is 2.22 bits per heavy atom.